The van der Waals surface area contributed by atoms with Gasteiger partial charge in [0.05, 0.1) is 23.9 Å². The second-order valence-electron chi connectivity index (χ2n) is 5.89. The number of pyridine rings is 1. The van der Waals surface area contributed by atoms with Gasteiger partial charge in [-0.15, -0.1) is 0 Å². The lowest BCUT2D eigenvalue weighted by Crippen LogP contribution is -2.11. The highest BCUT2D eigenvalue weighted by Crippen LogP contribution is 2.35. The molecule has 0 saturated carbocycles. The van der Waals surface area contributed by atoms with Gasteiger partial charge in [-0.25, -0.2) is 9.78 Å². The number of hydrogen-bond donors (Lipinski definition) is 1. The van der Waals surface area contributed by atoms with Crippen LogP contribution in [0.2, 0.25) is 5.02 Å². The lowest BCUT2D eigenvalue weighted by Gasteiger charge is -2.12. The zero-order valence-corrected chi connectivity index (χ0v) is 16.0. The number of halogens is 4. The van der Waals surface area contributed by atoms with Gasteiger partial charge in [-0.3, -0.25) is 0 Å². The van der Waals surface area contributed by atoms with E-state index in [0.717, 1.165) is 0 Å². The number of alkyl halides is 3. The fourth-order valence-electron chi connectivity index (χ4n) is 2.58. The predicted octanol–water partition coefficient (Wildman–Crippen LogP) is 4.58. The lowest BCUT2D eigenvalue weighted by atomic mass is 10.2. The number of carbonyl (C=O) groups is 1. The average Bonchev–Trinajstić information content (AvgIpc) is 3.04. The van der Waals surface area contributed by atoms with Crippen molar-refractivity contribution in [1.82, 2.24) is 9.55 Å². The maximum atomic E-state index is 12.8. The number of methoxy groups -OCH3 is 1. The summed E-state index contributed by atoms with van der Waals surface area (Å²) in [5.74, 6) is -0.823. The lowest BCUT2D eigenvalue weighted by molar-refractivity contribution is -0.137. The molecule has 2 aromatic heterocycles. The van der Waals surface area contributed by atoms with Gasteiger partial charge in [-0.1, -0.05) is 17.7 Å². The van der Waals surface area contributed by atoms with Crippen LogP contribution in [0.4, 0.5) is 18.9 Å². The molecular formula is C19H12ClF3N4O3. The second-order valence-corrected chi connectivity index (χ2v) is 6.29. The topological polar surface area (TPSA) is 103 Å². The predicted molar refractivity (Wildman–Crippen MR) is 101 cm³/mol. The summed E-state index contributed by atoms with van der Waals surface area (Å²) in [6, 6.07) is 8.71. The molecule has 3 aromatic rings. The fourth-order valence-corrected chi connectivity index (χ4v) is 2.79. The maximum absolute atomic E-state index is 12.8. The number of ether oxygens (including phenoxy) is 2. The molecule has 0 amide bonds. The molecule has 0 bridgehead atoms. The van der Waals surface area contributed by atoms with Crippen LogP contribution in [0, 0.1) is 11.3 Å². The van der Waals surface area contributed by atoms with Gasteiger partial charge in [0.1, 0.15) is 16.8 Å². The Morgan fingerprint density at radius 2 is 2.07 bits per heavy atom. The van der Waals surface area contributed by atoms with E-state index >= 15 is 0 Å². The second kappa shape index (κ2) is 7.96. The fraction of sp³-hybridized carbons (Fsp3) is 0.105. The zero-order chi connectivity index (χ0) is 22.1. The molecule has 0 spiro atoms. The van der Waals surface area contributed by atoms with Crippen molar-refractivity contribution in [2.75, 3.05) is 12.8 Å². The number of nitriles is 1. The van der Waals surface area contributed by atoms with E-state index in [4.69, 9.17) is 26.8 Å². The number of nitrogen functional groups attached to an aromatic ring is 1. The number of rotatable bonds is 4. The molecule has 154 valence electrons. The van der Waals surface area contributed by atoms with Crippen molar-refractivity contribution in [2.45, 2.75) is 6.18 Å². The van der Waals surface area contributed by atoms with Crippen LogP contribution in [0.1, 0.15) is 21.6 Å². The number of hydrogen-bond acceptors (Lipinski definition) is 6. The normalized spacial score (nSPS) is 11.1. The quantitative estimate of drug-likeness (QED) is 0.600. The van der Waals surface area contributed by atoms with Crippen molar-refractivity contribution in [1.29, 1.82) is 5.26 Å². The monoisotopic (exact) mass is 436 g/mol. The van der Waals surface area contributed by atoms with E-state index < -0.39 is 17.7 Å². The van der Waals surface area contributed by atoms with E-state index in [1.54, 1.807) is 12.1 Å². The molecule has 3 rings (SSSR count). The van der Waals surface area contributed by atoms with Gasteiger partial charge in [0.25, 0.3) is 0 Å². The van der Waals surface area contributed by atoms with Gasteiger partial charge in [0, 0.05) is 24.1 Å². The van der Waals surface area contributed by atoms with E-state index in [0.29, 0.717) is 18.0 Å². The Balaban J connectivity index is 1.99. The summed E-state index contributed by atoms with van der Waals surface area (Å²) in [4.78, 5) is 15.7. The number of benzene rings is 1. The number of carbonyl (C=O) groups excluding carboxylic acids is 1. The summed E-state index contributed by atoms with van der Waals surface area (Å²) in [6.45, 7) is 0. The van der Waals surface area contributed by atoms with E-state index in [9.17, 15) is 23.2 Å². The number of aromatic nitrogens is 2. The molecule has 0 fully saturated rings. The van der Waals surface area contributed by atoms with Crippen LogP contribution in [0.15, 0.2) is 42.7 Å². The zero-order valence-electron chi connectivity index (χ0n) is 15.2. The first-order valence-corrected chi connectivity index (χ1v) is 8.53. The van der Waals surface area contributed by atoms with Gasteiger partial charge >= 0.3 is 12.1 Å². The molecule has 30 heavy (non-hydrogen) atoms. The summed E-state index contributed by atoms with van der Waals surface area (Å²) in [6.07, 6.45) is -2.64. The summed E-state index contributed by atoms with van der Waals surface area (Å²) >= 11 is 5.86. The molecule has 0 saturated heterocycles. The Bertz CT molecular complexity index is 1170. The van der Waals surface area contributed by atoms with Gasteiger partial charge in [-0.05, 0) is 18.2 Å². The molecule has 2 N–H and O–H groups in total. The van der Waals surface area contributed by atoms with E-state index in [1.807, 2.05) is 6.07 Å². The summed E-state index contributed by atoms with van der Waals surface area (Å²) in [5, 5.41) is 8.86. The Hall–Kier alpha value is -3.71. The first-order chi connectivity index (χ1) is 14.2. The molecular weight excluding hydrogens is 425 g/mol. The van der Waals surface area contributed by atoms with Crippen LogP contribution in [0.3, 0.4) is 0 Å². The van der Waals surface area contributed by atoms with Crippen molar-refractivity contribution < 1.29 is 27.4 Å². The van der Waals surface area contributed by atoms with E-state index in [2.05, 4.69) is 4.98 Å². The number of nitrogens with zero attached hydrogens (tertiary/aromatic N) is 3. The summed E-state index contributed by atoms with van der Waals surface area (Å²) < 4.78 is 49.8. The highest BCUT2D eigenvalue weighted by Gasteiger charge is 2.32. The molecule has 7 nitrogen and oxygen atoms in total. The third kappa shape index (κ3) is 4.01. The maximum Gasteiger partial charge on any atom is 0.417 e. The Morgan fingerprint density at radius 3 is 2.67 bits per heavy atom. The first-order valence-electron chi connectivity index (χ1n) is 8.16. The Kier molecular flexibility index (Phi) is 5.58. The van der Waals surface area contributed by atoms with Crippen LogP contribution >= 0.6 is 11.6 Å². The molecule has 2 heterocycles. The molecule has 0 aliphatic rings. The largest absolute Gasteiger partial charge is 0.464 e. The van der Waals surface area contributed by atoms with Gasteiger partial charge in [-0.2, -0.15) is 18.4 Å². The summed E-state index contributed by atoms with van der Waals surface area (Å²) in [5.41, 5.74) is 5.19. The average molecular weight is 437 g/mol. The number of nitrogens with two attached hydrogens (primary N) is 1. The SMILES string of the molecule is COC(=O)c1c(N)c(C#N)cn1-c1cccc(Oc2ncc(C(F)(F)F)cc2Cl)c1. The molecule has 0 unspecified atom stereocenters. The smallest absolute Gasteiger partial charge is 0.417 e. The van der Waals surface area contributed by atoms with Crippen LogP contribution in [0.5, 0.6) is 11.6 Å². The van der Waals surface area contributed by atoms with Crippen molar-refractivity contribution >= 4 is 23.3 Å². The van der Waals surface area contributed by atoms with Crippen LogP contribution in [-0.4, -0.2) is 22.6 Å². The Morgan fingerprint density at radius 1 is 1.33 bits per heavy atom. The molecule has 11 heteroatoms. The van der Waals surface area contributed by atoms with E-state index in [-0.39, 0.29) is 33.6 Å². The van der Waals surface area contributed by atoms with Crippen LogP contribution in [0.25, 0.3) is 5.69 Å². The van der Waals surface area contributed by atoms with Crippen molar-refractivity contribution in [3.8, 4) is 23.4 Å². The van der Waals surface area contributed by atoms with Gasteiger partial charge in [0.15, 0.2) is 5.69 Å². The van der Waals surface area contributed by atoms with Gasteiger partial charge < -0.3 is 19.8 Å². The van der Waals surface area contributed by atoms with E-state index in [1.165, 1.54) is 30.0 Å². The van der Waals surface area contributed by atoms with Gasteiger partial charge in [0.2, 0.25) is 5.88 Å². The minimum atomic E-state index is -4.59. The van der Waals surface area contributed by atoms with Crippen molar-refractivity contribution in [2.24, 2.45) is 0 Å². The highest BCUT2D eigenvalue weighted by atomic mass is 35.5. The first kappa shape index (κ1) is 21.0. The minimum Gasteiger partial charge on any atom is -0.464 e. The number of esters is 1. The standard InChI is InChI=1S/C19H12ClF3N4O3/c1-29-18(28)16-15(25)10(7-24)9-27(16)12-3-2-4-13(6-12)30-17-14(20)5-11(8-26-17)19(21,22)23/h2-6,8-9H,25H2,1H3. The highest BCUT2D eigenvalue weighted by molar-refractivity contribution is 6.31. The molecule has 1 aromatic carbocycles. The number of anilines is 1. The third-order valence-electron chi connectivity index (χ3n) is 3.99. The minimum absolute atomic E-state index is 0.0527. The molecule has 0 radical (unpaired) electrons. The van der Waals surface area contributed by atoms with Crippen LogP contribution < -0.4 is 10.5 Å². The van der Waals surface area contributed by atoms with Crippen LogP contribution in [-0.2, 0) is 10.9 Å². The van der Waals surface area contributed by atoms with Crippen molar-refractivity contribution in [3.63, 3.8) is 0 Å². The van der Waals surface area contributed by atoms with Crippen molar-refractivity contribution in [3.05, 3.63) is 64.6 Å². The molecule has 0 atom stereocenters. The molecule has 0 aliphatic heterocycles. The molecule has 0 aliphatic carbocycles. The summed E-state index contributed by atoms with van der Waals surface area (Å²) in [7, 11) is 1.17. The third-order valence-corrected chi connectivity index (χ3v) is 4.26. The Labute approximate surface area is 173 Å².